The quantitative estimate of drug-likeness (QED) is 0.577. The molecule has 0 radical (unpaired) electrons. The molecule has 0 fully saturated rings. The molecule has 1 aromatic heterocycles. The van der Waals surface area contributed by atoms with Crippen molar-refractivity contribution < 1.29 is 27.1 Å². The van der Waals surface area contributed by atoms with Crippen molar-refractivity contribution >= 4 is 21.8 Å². The van der Waals surface area contributed by atoms with Crippen molar-refractivity contribution in [1.29, 1.82) is 0 Å². The second-order valence-corrected chi connectivity index (χ2v) is 8.15. The average Bonchev–Trinajstić information content (AvgIpc) is 3.17. The molecule has 1 heterocycles. The maximum Gasteiger partial charge on any atom is 0.322 e. The second-order valence-electron chi connectivity index (χ2n) is 6.16. The van der Waals surface area contributed by atoms with Gasteiger partial charge in [0.05, 0.1) is 23.7 Å². The van der Waals surface area contributed by atoms with Crippen molar-refractivity contribution in [2.24, 2.45) is 0 Å². The van der Waals surface area contributed by atoms with Crippen molar-refractivity contribution in [3.8, 4) is 23.0 Å². The van der Waals surface area contributed by atoms with Crippen LogP contribution in [-0.4, -0.2) is 44.0 Å². The minimum atomic E-state index is -3.50. The van der Waals surface area contributed by atoms with Crippen LogP contribution in [0.25, 0.3) is 11.5 Å². The molecule has 3 rings (SSSR count). The summed E-state index contributed by atoms with van der Waals surface area (Å²) in [7, 11) is -3.50. The first kappa shape index (κ1) is 21.3. The Morgan fingerprint density at radius 1 is 1.03 bits per heavy atom. The van der Waals surface area contributed by atoms with Gasteiger partial charge in [0.1, 0.15) is 0 Å². The van der Waals surface area contributed by atoms with E-state index in [-0.39, 0.29) is 22.4 Å². The van der Waals surface area contributed by atoms with Crippen LogP contribution in [0.3, 0.4) is 0 Å². The Bertz CT molecular complexity index is 1160. The topological polar surface area (TPSA) is 121 Å². The molecule has 2 aromatic carbocycles. The molecule has 3 aromatic rings. The minimum Gasteiger partial charge on any atom is -0.490 e. The van der Waals surface area contributed by atoms with Crippen LogP contribution in [0.2, 0.25) is 0 Å². The Morgan fingerprint density at radius 3 is 2.43 bits per heavy atom. The Balaban J connectivity index is 1.83. The monoisotopic (exact) mass is 431 g/mol. The highest BCUT2D eigenvalue weighted by atomic mass is 32.2. The third-order valence-electron chi connectivity index (χ3n) is 3.97. The highest BCUT2D eigenvalue weighted by molar-refractivity contribution is 7.90. The molecule has 10 heteroatoms. The molecular weight excluding hydrogens is 410 g/mol. The number of ether oxygens (including phenoxy) is 2. The zero-order chi connectivity index (χ0) is 21.7. The SMILES string of the molecule is CCOc1ccc(C(=O)Nc2nnc(-c3ccccc3S(C)(=O)=O)o2)cc1OCC. The lowest BCUT2D eigenvalue weighted by Gasteiger charge is -2.11. The summed E-state index contributed by atoms with van der Waals surface area (Å²) in [5.74, 6) is 0.465. The predicted octanol–water partition coefficient (Wildman–Crippen LogP) is 3.19. The molecule has 0 aliphatic carbocycles. The van der Waals surface area contributed by atoms with E-state index in [0.29, 0.717) is 30.3 Å². The van der Waals surface area contributed by atoms with Crippen molar-refractivity contribution in [3.63, 3.8) is 0 Å². The molecule has 0 saturated carbocycles. The molecule has 0 aliphatic heterocycles. The maximum absolute atomic E-state index is 12.6. The Kier molecular flexibility index (Phi) is 6.36. The largest absolute Gasteiger partial charge is 0.490 e. The van der Waals surface area contributed by atoms with Crippen LogP contribution in [0.5, 0.6) is 11.5 Å². The van der Waals surface area contributed by atoms with E-state index in [2.05, 4.69) is 15.5 Å². The van der Waals surface area contributed by atoms with Crippen molar-refractivity contribution in [3.05, 3.63) is 48.0 Å². The van der Waals surface area contributed by atoms with Crippen LogP contribution in [0.1, 0.15) is 24.2 Å². The zero-order valence-electron chi connectivity index (χ0n) is 16.7. The Labute approximate surface area is 174 Å². The van der Waals surface area contributed by atoms with Gasteiger partial charge in [-0.15, -0.1) is 5.10 Å². The molecule has 1 N–H and O–H groups in total. The highest BCUT2D eigenvalue weighted by Crippen LogP contribution is 2.30. The van der Waals surface area contributed by atoms with Gasteiger partial charge in [-0.1, -0.05) is 17.2 Å². The number of hydrogen-bond donors (Lipinski definition) is 1. The first-order valence-corrected chi connectivity index (χ1v) is 11.1. The smallest absolute Gasteiger partial charge is 0.322 e. The van der Waals surface area contributed by atoms with E-state index in [1.165, 1.54) is 6.07 Å². The summed E-state index contributed by atoms with van der Waals surface area (Å²) in [6, 6.07) is 10.9. The van der Waals surface area contributed by atoms with Crippen molar-refractivity contribution in [2.75, 3.05) is 24.8 Å². The lowest BCUT2D eigenvalue weighted by atomic mass is 10.2. The highest BCUT2D eigenvalue weighted by Gasteiger charge is 2.20. The number of carbonyl (C=O) groups is 1. The zero-order valence-corrected chi connectivity index (χ0v) is 17.5. The first-order chi connectivity index (χ1) is 14.3. The van der Waals surface area contributed by atoms with Gasteiger partial charge in [0.2, 0.25) is 0 Å². The lowest BCUT2D eigenvalue weighted by Crippen LogP contribution is -2.12. The lowest BCUT2D eigenvalue weighted by molar-refractivity contribution is 0.102. The third-order valence-corrected chi connectivity index (χ3v) is 5.12. The number of sulfone groups is 1. The number of amides is 1. The molecule has 0 spiro atoms. The number of rotatable bonds is 8. The van der Waals surface area contributed by atoms with Gasteiger partial charge >= 0.3 is 6.01 Å². The molecule has 0 aliphatic rings. The van der Waals surface area contributed by atoms with Gasteiger partial charge < -0.3 is 13.9 Å². The summed E-state index contributed by atoms with van der Waals surface area (Å²) >= 11 is 0. The fourth-order valence-electron chi connectivity index (χ4n) is 2.71. The Hall–Kier alpha value is -3.40. The van der Waals surface area contributed by atoms with Gasteiger partial charge in [-0.3, -0.25) is 10.1 Å². The fourth-order valence-corrected chi connectivity index (χ4v) is 3.59. The average molecular weight is 431 g/mol. The number of carbonyl (C=O) groups excluding carboxylic acids is 1. The van der Waals surface area contributed by atoms with E-state index >= 15 is 0 Å². The Morgan fingerprint density at radius 2 is 1.73 bits per heavy atom. The standard InChI is InChI=1S/C20H21N3O6S/c1-4-27-15-11-10-13(12-16(15)28-5-2)18(24)21-20-23-22-19(29-20)14-8-6-7-9-17(14)30(3,25)26/h6-12H,4-5H2,1-3H3,(H,21,23,24). The fraction of sp³-hybridized carbons (Fsp3) is 0.250. The molecule has 0 unspecified atom stereocenters. The third kappa shape index (κ3) is 4.77. The number of nitrogens with zero attached hydrogens (tertiary/aromatic N) is 2. The van der Waals surface area contributed by atoms with E-state index in [1.807, 2.05) is 13.8 Å². The van der Waals surface area contributed by atoms with Crippen LogP contribution in [0, 0.1) is 0 Å². The number of anilines is 1. The second kappa shape index (κ2) is 8.95. The van der Waals surface area contributed by atoms with Crippen molar-refractivity contribution in [1.82, 2.24) is 10.2 Å². The van der Waals surface area contributed by atoms with E-state index in [9.17, 15) is 13.2 Å². The summed E-state index contributed by atoms with van der Waals surface area (Å²) in [5.41, 5.74) is 0.561. The summed E-state index contributed by atoms with van der Waals surface area (Å²) in [5, 5.41) is 10.1. The summed E-state index contributed by atoms with van der Waals surface area (Å²) in [6.45, 7) is 4.56. The van der Waals surface area contributed by atoms with Crippen LogP contribution in [0.4, 0.5) is 6.01 Å². The summed E-state index contributed by atoms with van der Waals surface area (Å²) in [4.78, 5) is 12.6. The minimum absolute atomic E-state index is 0.0203. The summed E-state index contributed by atoms with van der Waals surface area (Å²) in [6.07, 6.45) is 1.09. The summed E-state index contributed by atoms with van der Waals surface area (Å²) < 4.78 is 40.4. The van der Waals surface area contributed by atoms with Crippen LogP contribution >= 0.6 is 0 Å². The number of aromatic nitrogens is 2. The molecule has 0 bridgehead atoms. The van der Waals surface area contributed by atoms with E-state index < -0.39 is 15.7 Å². The van der Waals surface area contributed by atoms with E-state index in [4.69, 9.17) is 13.9 Å². The van der Waals surface area contributed by atoms with E-state index in [0.717, 1.165) is 6.26 Å². The molecule has 158 valence electrons. The van der Waals surface area contributed by atoms with Gasteiger partial charge in [0.25, 0.3) is 11.8 Å². The van der Waals surface area contributed by atoms with Gasteiger partial charge in [-0.2, -0.15) is 0 Å². The number of benzene rings is 2. The van der Waals surface area contributed by atoms with Crippen LogP contribution in [-0.2, 0) is 9.84 Å². The van der Waals surface area contributed by atoms with Crippen LogP contribution < -0.4 is 14.8 Å². The van der Waals surface area contributed by atoms with Crippen LogP contribution in [0.15, 0.2) is 51.8 Å². The van der Waals surface area contributed by atoms with Crippen molar-refractivity contribution in [2.45, 2.75) is 18.7 Å². The van der Waals surface area contributed by atoms with Gasteiger partial charge in [-0.05, 0) is 44.2 Å². The molecule has 1 amide bonds. The molecule has 30 heavy (non-hydrogen) atoms. The molecule has 9 nitrogen and oxygen atoms in total. The molecule has 0 atom stereocenters. The van der Waals surface area contributed by atoms with Gasteiger partial charge in [0, 0.05) is 11.8 Å². The number of nitrogens with one attached hydrogen (secondary N) is 1. The maximum atomic E-state index is 12.6. The van der Waals surface area contributed by atoms with E-state index in [1.54, 1.807) is 36.4 Å². The first-order valence-electron chi connectivity index (χ1n) is 9.17. The molecule has 0 saturated heterocycles. The molecular formula is C20H21N3O6S. The normalized spacial score (nSPS) is 11.2. The van der Waals surface area contributed by atoms with Gasteiger partial charge in [-0.25, -0.2) is 8.42 Å². The number of hydrogen-bond acceptors (Lipinski definition) is 8. The van der Waals surface area contributed by atoms with Gasteiger partial charge in [0.15, 0.2) is 21.3 Å². The predicted molar refractivity (Wildman–Crippen MR) is 110 cm³/mol.